The maximum atomic E-state index is 13.3. The predicted molar refractivity (Wildman–Crippen MR) is 132 cm³/mol. The number of fused-ring (bicyclic) bond motifs is 1. The summed E-state index contributed by atoms with van der Waals surface area (Å²) in [5.74, 6) is 0.637. The number of aliphatic hydroxyl groups excluding tert-OH is 1. The number of carbonyl (C=O) groups is 1. The Kier molecular flexibility index (Phi) is 7.08. The first-order valence-electron chi connectivity index (χ1n) is 12.6. The standard InChI is InChI=1S/C26H36N6O2/c1-30-11-7-21(8-12-30)29-25-16-22(27-18-28-25)26(34)31-14-9-23(24(33)10-15-31)32-13-6-19-4-2-3-5-20(19)17-32/h2-5,16,18,21,23-24,33H,6-15,17H2,1H3,(H,27,28,29)/t23-,24-/m0/s1. The summed E-state index contributed by atoms with van der Waals surface area (Å²) in [5.41, 5.74) is 3.18. The van der Waals surface area contributed by atoms with Gasteiger partial charge in [-0.3, -0.25) is 9.69 Å². The van der Waals surface area contributed by atoms with Crippen LogP contribution in [-0.2, 0) is 13.0 Å². The van der Waals surface area contributed by atoms with Gasteiger partial charge < -0.3 is 20.2 Å². The second-order valence-electron chi connectivity index (χ2n) is 10.0. The zero-order valence-corrected chi connectivity index (χ0v) is 20.1. The Labute approximate surface area is 202 Å². The first kappa shape index (κ1) is 23.2. The van der Waals surface area contributed by atoms with E-state index in [1.165, 1.54) is 17.5 Å². The molecule has 182 valence electrons. The molecule has 1 aromatic heterocycles. The van der Waals surface area contributed by atoms with Gasteiger partial charge in [-0.15, -0.1) is 0 Å². The van der Waals surface area contributed by atoms with Crippen molar-refractivity contribution in [2.24, 2.45) is 0 Å². The monoisotopic (exact) mass is 464 g/mol. The third-order valence-electron chi connectivity index (χ3n) is 7.71. The molecule has 5 rings (SSSR count). The van der Waals surface area contributed by atoms with Crippen molar-refractivity contribution >= 4 is 11.7 Å². The molecule has 2 fully saturated rings. The van der Waals surface area contributed by atoms with E-state index in [0.717, 1.165) is 51.9 Å². The highest BCUT2D eigenvalue weighted by Crippen LogP contribution is 2.26. The van der Waals surface area contributed by atoms with E-state index in [1.807, 2.05) is 4.90 Å². The van der Waals surface area contributed by atoms with Crippen LogP contribution in [-0.4, -0.2) is 93.6 Å². The lowest BCUT2D eigenvalue weighted by atomic mass is 9.96. The van der Waals surface area contributed by atoms with Crippen LogP contribution in [0.15, 0.2) is 36.7 Å². The molecule has 34 heavy (non-hydrogen) atoms. The van der Waals surface area contributed by atoms with Crippen molar-refractivity contribution in [3.05, 3.63) is 53.5 Å². The molecule has 3 aliphatic rings. The van der Waals surface area contributed by atoms with Crippen LogP contribution in [0.5, 0.6) is 0 Å². The Bertz CT molecular complexity index is 993. The van der Waals surface area contributed by atoms with Crippen molar-refractivity contribution in [1.29, 1.82) is 0 Å². The lowest BCUT2D eigenvalue weighted by Gasteiger charge is -2.37. The Morgan fingerprint density at radius 1 is 1.00 bits per heavy atom. The molecular weight excluding hydrogens is 428 g/mol. The second-order valence-corrected chi connectivity index (χ2v) is 10.0. The van der Waals surface area contributed by atoms with Gasteiger partial charge in [-0.25, -0.2) is 9.97 Å². The molecule has 0 bridgehead atoms. The summed E-state index contributed by atoms with van der Waals surface area (Å²) in [5, 5.41) is 14.4. The highest BCUT2D eigenvalue weighted by atomic mass is 16.3. The molecule has 4 heterocycles. The van der Waals surface area contributed by atoms with E-state index in [0.29, 0.717) is 37.1 Å². The molecule has 0 radical (unpaired) electrons. The average molecular weight is 465 g/mol. The fourth-order valence-corrected chi connectivity index (χ4v) is 5.58. The summed E-state index contributed by atoms with van der Waals surface area (Å²) in [6, 6.07) is 10.8. The van der Waals surface area contributed by atoms with Gasteiger partial charge in [-0.1, -0.05) is 24.3 Å². The summed E-state index contributed by atoms with van der Waals surface area (Å²) in [6.45, 7) is 5.11. The van der Waals surface area contributed by atoms with Crippen LogP contribution in [0.2, 0.25) is 0 Å². The molecule has 8 heteroatoms. The number of aliphatic hydroxyl groups is 1. The van der Waals surface area contributed by atoms with Crippen molar-refractivity contribution in [1.82, 2.24) is 24.7 Å². The van der Waals surface area contributed by atoms with Crippen LogP contribution >= 0.6 is 0 Å². The summed E-state index contributed by atoms with van der Waals surface area (Å²) in [7, 11) is 2.14. The Morgan fingerprint density at radius 3 is 2.59 bits per heavy atom. The van der Waals surface area contributed by atoms with Gasteiger partial charge in [0.2, 0.25) is 0 Å². The molecule has 0 spiro atoms. The van der Waals surface area contributed by atoms with Gasteiger partial charge in [0.05, 0.1) is 6.10 Å². The fourth-order valence-electron chi connectivity index (χ4n) is 5.58. The van der Waals surface area contributed by atoms with Crippen molar-refractivity contribution in [3.8, 4) is 0 Å². The summed E-state index contributed by atoms with van der Waals surface area (Å²) >= 11 is 0. The molecule has 2 atom stereocenters. The number of nitrogens with zero attached hydrogens (tertiary/aromatic N) is 5. The lowest BCUT2D eigenvalue weighted by Crippen LogP contribution is -2.46. The number of nitrogens with one attached hydrogen (secondary N) is 1. The second kappa shape index (κ2) is 10.4. The van der Waals surface area contributed by atoms with Crippen molar-refractivity contribution in [2.75, 3.05) is 45.1 Å². The van der Waals surface area contributed by atoms with E-state index in [2.05, 4.69) is 56.4 Å². The normalized spacial score (nSPS) is 24.9. The maximum Gasteiger partial charge on any atom is 0.272 e. The lowest BCUT2D eigenvalue weighted by molar-refractivity contribution is 0.0394. The van der Waals surface area contributed by atoms with E-state index in [4.69, 9.17) is 0 Å². The molecule has 3 aliphatic heterocycles. The van der Waals surface area contributed by atoms with E-state index in [-0.39, 0.29) is 11.9 Å². The molecule has 2 saturated heterocycles. The van der Waals surface area contributed by atoms with Crippen LogP contribution < -0.4 is 5.32 Å². The SMILES string of the molecule is CN1CCC(Nc2cc(C(=O)N3CC[C@H](O)[C@@H](N4CCc5ccccc5C4)CC3)ncn2)CC1. The number of aromatic nitrogens is 2. The van der Waals surface area contributed by atoms with E-state index in [1.54, 1.807) is 6.07 Å². The Morgan fingerprint density at radius 2 is 1.76 bits per heavy atom. The van der Waals surface area contributed by atoms with Crippen LogP contribution in [0.4, 0.5) is 5.82 Å². The molecule has 8 nitrogen and oxygen atoms in total. The van der Waals surface area contributed by atoms with Gasteiger partial charge in [0, 0.05) is 44.3 Å². The van der Waals surface area contributed by atoms with Crippen LogP contribution in [0, 0.1) is 0 Å². The highest BCUT2D eigenvalue weighted by Gasteiger charge is 2.33. The molecule has 1 amide bonds. The fraction of sp³-hybridized carbons (Fsp3) is 0.577. The summed E-state index contributed by atoms with van der Waals surface area (Å²) < 4.78 is 0. The molecule has 2 N–H and O–H groups in total. The molecule has 0 saturated carbocycles. The molecule has 0 aliphatic carbocycles. The Balaban J connectivity index is 1.21. The number of carbonyl (C=O) groups excluding carboxylic acids is 1. The van der Waals surface area contributed by atoms with Gasteiger partial charge >= 0.3 is 0 Å². The highest BCUT2D eigenvalue weighted by molar-refractivity contribution is 5.92. The largest absolute Gasteiger partial charge is 0.391 e. The number of amides is 1. The van der Waals surface area contributed by atoms with Crippen molar-refractivity contribution in [3.63, 3.8) is 0 Å². The van der Waals surface area contributed by atoms with Crippen LogP contribution in [0.1, 0.15) is 47.3 Å². The van der Waals surface area contributed by atoms with Gasteiger partial charge in [0.25, 0.3) is 5.91 Å². The van der Waals surface area contributed by atoms with Gasteiger partial charge in [-0.2, -0.15) is 0 Å². The summed E-state index contributed by atoms with van der Waals surface area (Å²) in [4.78, 5) is 28.5. The number of likely N-dealkylation sites (tertiary alicyclic amines) is 2. The zero-order chi connectivity index (χ0) is 23.5. The summed E-state index contributed by atoms with van der Waals surface area (Å²) in [6.07, 6.45) is 5.53. The third-order valence-corrected chi connectivity index (χ3v) is 7.71. The first-order valence-corrected chi connectivity index (χ1v) is 12.6. The smallest absolute Gasteiger partial charge is 0.272 e. The minimum Gasteiger partial charge on any atom is -0.391 e. The number of anilines is 1. The van der Waals surface area contributed by atoms with E-state index >= 15 is 0 Å². The number of piperidine rings is 1. The number of hydrogen-bond acceptors (Lipinski definition) is 7. The van der Waals surface area contributed by atoms with Crippen LogP contribution in [0.25, 0.3) is 0 Å². The molecule has 0 unspecified atom stereocenters. The van der Waals surface area contributed by atoms with E-state index in [9.17, 15) is 9.90 Å². The van der Waals surface area contributed by atoms with E-state index < -0.39 is 6.10 Å². The first-order chi connectivity index (χ1) is 16.6. The molecule has 2 aromatic rings. The van der Waals surface area contributed by atoms with Gasteiger partial charge in [0.15, 0.2) is 0 Å². The minimum absolute atomic E-state index is 0.0678. The minimum atomic E-state index is -0.435. The predicted octanol–water partition coefficient (Wildman–Crippen LogP) is 2.01. The number of rotatable bonds is 4. The quantitative estimate of drug-likeness (QED) is 0.716. The number of benzene rings is 1. The number of hydrogen-bond donors (Lipinski definition) is 2. The topological polar surface area (TPSA) is 84.8 Å². The zero-order valence-electron chi connectivity index (χ0n) is 20.1. The van der Waals surface area contributed by atoms with Crippen molar-refractivity contribution in [2.45, 2.75) is 56.8 Å². The average Bonchev–Trinajstić information content (AvgIpc) is 3.06. The maximum absolute atomic E-state index is 13.3. The molecular formula is C26H36N6O2. The van der Waals surface area contributed by atoms with Gasteiger partial charge in [-0.05, 0) is 63.4 Å². The van der Waals surface area contributed by atoms with Crippen molar-refractivity contribution < 1.29 is 9.90 Å². The third kappa shape index (κ3) is 5.24. The Hall–Kier alpha value is -2.55. The molecule has 1 aromatic carbocycles. The van der Waals surface area contributed by atoms with Crippen LogP contribution in [0.3, 0.4) is 0 Å². The van der Waals surface area contributed by atoms with Gasteiger partial charge in [0.1, 0.15) is 17.8 Å².